The van der Waals surface area contributed by atoms with Crippen molar-refractivity contribution in [2.24, 2.45) is 5.92 Å². The van der Waals surface area contributed by atoms with Crippen LogP contribution in [0.1, 0.15) is 78.6 Å². The van der Waals surface area contributed by atoms with Crippen LogP contribution in [-0.4, -0.2) is 24.3 Å². The quantitative estimate of drug-likeness (QED) is 0.775. The summed E-state index contributed by atoms with van der Waals surface area (Å²) in [5.41, 5.74) is 0.302. The molecule has 0 radical (unpaired) electrons. The fourth-order valence-electron chi connectivity index (χ4n) is 4.21. The van der Waals surface area contributed by atoms with Gasteiger partial charge < -0.3 is 10.1 Å². The van der Waals surface area contributed by atoms with Crippen molar-refractivity contribution in [3.63, 3.8) is 0 Å². The van der Waals surface area contributed by atoms with Crippen LogP contribution in [0.25, 0.3) is 0 Å². The smallest absolute Gasteiger partial charge is 0.0687 e. The van der Waals surface area contributed by atoms with Crippen LogP contribution in [0, 0.1) is 5.92 Å². The van der Waals surface area contributed by atoms with Crippen molar-refractivity contribution in [2.75, 3.05) is 6.54 Å². The molecule has 1 saturated heterocycles. The molecule has 2 fully saturated rings. The van der Waals surface area contributed by atoms with Crippen molar-refractivity contribution < 1.29 is 4.74 Å². The van der Waals surface area contributed by atoms with E-state index in [-0.39, 0.29) is 0 Å². The third-order valence-electron chi connectivity index (χ3n) is 5.08. The Labute approximate surface area is 119 Å². The van der Waals surface area contributed by atoms with Gasteiger partial charge in [-0.2, -0.15) is 0 Å². The highest BCUT2D eigenvalue weighted by Crippen LogP contribution is 2.43. The minimum absolute atomic E-state index is 0.302. The van der Waals surface area contributed by atoms with Gasteiger partial charge in [0.05, 0.1) is 11.7 Å². The highest BCUT2D eigenvalue weighted by atomic mass is 16.5. The molecule has 2 nitrogen and oxygen atoms in total. The Morgan fingerprint density at radius 1 is 1.16 bits per heavy atom. The van der Waals surface area contributed by atoms with Crippen molar-refractivity contribution in [1.29, 1.82) is 0 Å². The molecule has 0 amide bonds. The fourth-order valence-corrected chi connectivity index (χ4v) is 4.21. The lowest BCUT2D eigenvalue weighted by molar-refractivity contribution is -0.0696. The summed E-state index contributed by atoms with van der Waals surface area (Å²) in [5, 5.41) is 3.52. The first-order valence-corrected chi connectivity index (χ1v) is 8.55. The van der Waals surface area contributed by atoms with Crippen LogP contribution in [0.5, 0.6) is 0 Å². The second-order valence-electron chi connectivity index (χ2n) is 7.06. The zero-order valence-electron chi connectivity index (χ0n) is 13.2. The minimum atomic E-state index is 0.302. The molecule has 0 aromatic rings. The van der Waals surface area contributed by atoms with Gasteiger partial charge in [0.15, 0.2) is 0 Å². The van der Waals surface area contributed by atoms with Gasteiger partial charge in [-0.25, -0.2) is 0 Å². The van der Waals surface area contributed by atoms with Crippen molar-refractivity contribution in [3.8, 4) is 0 Å². The average Bonchev–Trinajstić information content (AvgIpc) is 2.73. The predicted octanol–water partition coefficient (Wildman–Crippen LogP) is 4.28. The van der Waals surface area contributed by atoms with Gasteiger partial charge in [-0.1, -0.05) is 33.1 Å². The summed E-state index contributed by atoms with van der Waals surface area (Å²) in [4.78, 5) is 0. The maximum absolute atomic E-state index is 6.48. The van der Waals surface area contributed by atoms with E-state index in [4.69, 9.17) is 4.74 Å². The third kappa shape index (κ3) is 4.46. The van der Waals surface area contributed by atoms with Crippen molar-refractivity contribution in [2.45, 2.75) is 96.3 Å². The summed E-state index contributed by atoms with van der Waals surface area (Å²) in [6.07, 6.45) is 12.6. The summed E-state index contributed by atoms with van der Waals surface area (Å²) in [7, 11) is 0. The molecule has 1 saturated carbocycles. The zero-order valence-corrected chi connectivity index (χ0v) is 13.2. The summed E-state index contributed by atoms with van der Waals surface area (Å²) >= 11 is 0. The van der Waals surface area contributed by atoms with Gasteiger partial charge in [0.2, 0.25) is 0 Å². The Morgan fingerprint density at radius 3 is 2.58 bits per heavy atom. The van der Waals surface area contributed by atoms with Crippen molar-refractivity contribution >= 4 is 0 Å². The number of ether oxygens (including phenoxy) is 1. The van der Waals surface area contributed by atoms with Gasteiger partial charge in [0, 0.05) is 6.04 Å². The largest absolute Gasteiger partial charge is 0.372 e. The maximum atomic E-state index is 6.48. The lowest BCUT2D eigenvalue weighted by atomic mass is 9.83. The molecule has 1 N–H and O–H groups in total. The Hall–Kier alpha value is -0.0800. The van der Waals surface area contributed by atoms with E-state index in [1.807, 2.05) is 0 Å². The normalized spacial score (nSPS) is 29.5. The first kappa shape index (κ1) is 15.3. The molecule has 2 heteroatoms. The van der Waals surface area contributed by atoms with Gasteiger partial charge in [0.25, 0.3) is 0 Å². The van der Waals surface area contributed by atoms with Crippen LogP contribution in [0.15, 0.2) is 0 Å². The van der Waals surface area contributed by atoms with Crippen molar-refractivity contribution in [3.05, 3.63) is 0 Å². The van der Waals surface area contributed by atoms with Crippen LogP contribution in [0.4, 0.5) is 0 Å². The molecule has 2 aliphatic rings. The first-order valence-electron chi connectivity index (χ1n) is 8.55. The zero-order chi connectivity index (χ0) is 13.7. The molecule has 1 spiro atoms. The van der Waals surface area contributed by atoms with E-state index < -0.39 is 0 Å². The lowest BCUT2D eigenvalue weighted by Gasteiger charge is -2.33. The Bertz CT molecular complexity index is 260. The fraction of sp³-hybridized carbons (Fsp3) is 1.00. The van der Waals surface area contributed by atoms with E-state index in [2.05, 4.69) is 26.1 Å². The van der Waals surface area contributed by atoms with E-state index in [0.717, 1.165) is 12.5 Å². The van der Waals surface area contributed by atoms with Gasteiger partial charge in [0.1, 0.15) is 0 Å². The summed E-state index contributed by atoms with van der Waals surface area (Å²) in [6, 6.07) is 0.644. The second-order valence-corrected chi connectivity index (χ2v) is 7.06. The third-order valence-corrected chi connectivity index (χ3v) is 5.08. The Morgan fingerprint density at radius 2 is 1.89 bits per heavy atom. The van der Waals surface area contributed by atoms with Crippen molar-refractivity contribution in [1.82, 2.24) is 5.32 Å². The molecule has 1 aliphatic carbocycles. The number of nitrogens with one attached hydrogen (secondary N) is 1. The highest BCUT2D eigenvalue weighted by Gasteiger charge is 2.40. The summed E-state index contributed by atoms with van der Waals surface area (Å²) < 4.78 is 6.48. The van der Waals surface area contributed by atoms with Crippen LogP contribution in [-0.2, 0) is 4.74 Å². The van der Waals surface area contributed by atoms with Gasteiger partial charge >= 0.3 is 0 Å². The Kier molecular flexibility index (Phi) is 5.70. The summed E-state index contributed by atoms with van der Waals surface area (Å²) in [5.74, 6) is 0.776. The van der Waals surface area contributed by atoms with Crippen LogP contribution < -0.4 is 5.32 Å². The lowest BCUT2D eigenvalue weighted by Crippen LogP contribution is -2.32. The molecular weight excluding hydrogens is 234 g/mol. The number of hydrogen-bond acceptors (Lipinski definition) is 2. The molecule has 3 unspecified atom stereocenters. The van der Waals surface area contributed by atoms with Gasteiger partial charge in [-0.15, -0.1) is 0 Å². The molecule has 0 bridgehead atoms. The highest BCUT2D eigenvalue weighted by molar-refractivity contribution is 4.91. The van der Waals surface area contributed by atoms with Gasteiger partial charge in [-0.3, -0.25) is 0 Å². The molecule has 3 atom stereocenters. The molecule has 112 valence electrons. The molecular formula is C17H33NO. The molecule has 1 aliphatic heterocycles. The molecule has 0 aromatic heterocycles. The second kappa shape index (κ2) is 7.08. The topological polar surface area (TPSA) is 21.3 Å². The first-order chi connectivity index (χ1) is 9.13. The molecule has 1 heterocycles. The predicted molar refractivity (Wildman–Crippen MR) is 81.5 cm³/mol. The van der Waals surface area contributed by atoms with E-state index in [9.17, 15) is 0 Å². The standard InChI is InChI=1S/C17H33NO/c1-4-18-15(3)12-14(2)13-16-8-11-17(19-16)9-6-5-7-10-17/h14-16,18H,4-13H2,1-3H3. The van der Waals surface area contributed by atoms with E-state index in [0.29, 0.717) is 17.7 Å². The van der Waals surface area contributed by atoms with Crippen LogP contribution >= 0.6 is 0 Å². The SMILES string of the molecule is CCNC(C)CC(C)CC1CCC2(CCCCC2)O1. The van der Waals surface area contributed by atoms with Gasteiger partial charge in [-0.05, 0) is 57.9 Å². The monoisotopic (exact) mass is 267 g/mol. The van der Waals surface area contributed by atoms with E-state index >= 15 is 0 Å². The molecule has 2 rings (SSSR count). The van der Waals surface area contributed by atoms with Crippen LogP contribution in [0.2, 0.25) is 0 Å². The van der Waals surface area contributed by atoms with E-state index in [1.165, 1.54) is 57.8 Å². The minimum Gasteiger partial charge on any atom is -0.372 e. The molecule has 0 aromatic carbocycles. The van der Waals surface area contributed by atoms with E-state index in [1.54, 1.807) is 0 Å². The average molecular weight is 267 g/mol. The van der Waals surface area contributed by atoms with Crippen LogP contribution in [0.3, 0.4) is 0 Å². The number of rotatable bonds is 6. The Balaban J connectivity index is 1.72. The summed E-state index contributed by atoms with van der Waals surface area (Å²) in [6.45, 7) is 7.96. The maximum Gasteiger partial charge on any atom is 0.0687 e. The number of hydrogen-bond donors (Lipinski definition) is 1. The molecule has 19 heavy (non-hydrogen) atoms.